The Bertz CT molecular complexity index is 823. The first-order chi connectivity index (χ1) is 12.3. The lowest BCUT2D eigenvalue weighted by molar-refractivity contribution is 0.342. The number of rotatable bonds is 8. The van der Waals surface area contributed by atoms with Gasteiger partial charge < -0.3 is 14.8 Å². The van der Waals surface area contributed by atoms with Crippen LogP contribution in [0.15, 0.2) is 52.9 Å². The monoisotopic (exact) mass is 373 g/mol. The van der Waals surface area contributed by atoms with Gasteiger partial charge in [-0.1, -0.05) is 47.4 Å². The molecule has 0 fully saturated rings. The van der Waals surface area contributed by atoms with Crippen LogP contribution in [0.4, 0.5) is 10.8 Å². The number of hydrogen-bond acceptors (Lipinski definition) is 7. The number of hydrogen-bond donors (Lipinski definition) is 1. The first-order valence-electron chi connectivity index (χ1n) is 7.86. The molecule has 5 nitrogen and oxygen atoms in total. The van der Waals surface area contributed by atoms with E-state index in [4.69, 9.17) is 9.47 Å². The van der Waals surface area contributed by atoms with E-state index >= 15 is 0 Å². The summed E-state index contributed by atoms with van der Waals surface area (Å²) in [7, 11) is 1.68. The highest BCUT2D eigenvalue weighted by atomic mass is 32.2. The highest BCUT2D eigenvalue weighted by Crippen LogP contribution is 2.33. The molecule has 0 bridgehead atoms. The molecule has 0 saturated carbocycles. The van der Waals surface area contributed by atoms with E-state index in [-0.39, 0.29) is 0 Å². The fourth-order valence-corrected chi connectivity index (χ4v) is 3.90. The fourth-order valence-electron chi connectivity index (χ4n) is 2.19. The van der Waals surface area contributed by atoms with Gasteiger partial charge >= 0.3 is 0 Å². The van der Waals surface area contributed by atoms with E-state index in [0.29, 0.717) is 6.61 Å². The normalized spacial score (nSPS) is 10.5. The maximum absolute atomic E-state index is 5.62. The van der Waals surface area contributed by atoms with Crippen molar-refractivity contribution in [2.75, 3.05) is 19.0 Å². The van der Waals surface area contributed by atoms with Gasteiger partial charge in [0.15, 0.2) is 4.34 Å². The maximum Gasteiger partial charge on any atom is 0.210 e. The van der Waals surface area contributed by atoms with Crippen LogP contribution in [0, 0.1) is 0 Å². The predicted molar refractivity (Wildman–Crippen MR) is 103 cm³/mol. The van der Waals surface area contributed by atoms with Crippen molar-refractivity contribution < 1.29 is 9.47 Å². The average Bonchev–Trinajstić information content (AvgIpc) is 3.09. The lowest BCUT2D eigenvalue weighted by atomic mass is 10.2. The molecule has 0 spiro atoms. The maximum atomic E-state index is 5.62. The third-order valence-electron chi connectivity index (χ3n) is 3.33. The second-order valence-corrected chi connectivity index (χ2v) is 7.27. The van der Waals surface area contributed by atoms with Gasteiger partial charge in [0.05, 0.1) is 19.4 Å². The van der Waals surface area contributed by atoms with E-state index in [2.05, 4.69) is 21.6 Å². The summed E-state index contributed by atoms with van der Waals surface area (Å²) >= 11 is 3.18. The molecule has 0 amide bonds. The van der Waals surface area contributed by atoms with Crippen molar-refractivity contribution in [2.24, 2.45) is 0 Å². The van der Waals surface area contributed by atoms with Gasteiger partial charge in [0.25, 0.3) is 0 Å². The van der Waals surface area contributed by atoms with Gasteiger partial charge in [0, 0.05) is 5.75 Å². The van der Waals surface area contributed by atoms with E-state index < -0.39 is 0 Å². The van der Waals surface area contributed by atoms with Crippen LogP contribution >= 0.6 is 23.1 Å². The van der Waals surface area contributed by atoms with Crippen molar-refractivity contribution >= 4 is 33.9 Å². The van der Waals surface area contributed by atoms with Crippen LogP contribution in [0.2, 0.25) is 0 Å². The standard InChI is InChI=1S/C18H19N3O2S2/c1-3-23-16-10-5-4-9-15(16)19-17-20-21-18(25-17)24-12-13-7-6-8-14(11-13)22-2/h4-11H,3,12H2,1-2H3,(H,19,20). The topological polar surface area (TPSA) is 56.3 Å². The van der Waals surface area contributed by atoms with E-state index in [1.165, 1.54) is 16.9 Å². The number of ether oxygens (including phenoxy) is 2. The summed E-state index contributed by atoms with van der Waals surface area (Å²) in [5, 5.41) is 12.5. The molecule has 0 aliphatic rings. The molecule has 0 atom stereocenters. The second-order valence-electron chi connectivity index (χ2n) is 5.07. The third-order valence-corrected chi connectivity index (χ3v) is 5.37. The Balaban J connectivity index is 1.62. The molecule has 0 aliphatic heterocycles. The second kappa shape index (κ2) is 8.73. The molecular formula is C18H19N3O2S2. The highest BCUT2D eigenvalue weighted by molar-refractivity contribution is 8.00. The molecule has 25 heavy (non-hydrogen) atoms. The summed E-state index contributed by atoms with van der Waals surface area (Å²) < 4.78 is 11.8. The highest BCUT2D eigenvalue weighted by Gasteiger charge is 2.08. The summed E-state index contributed by atoms with van der Waals surface area (Å²) in [6, 6.07) is 15.9. The zero-order valence-electron chi connectivity index (χ0n) is 14.1. The molecule has 0 radical (unpaired) electrons. The number of methoxy groups -OCH3 is 1. The molecule has 2 aromatic carbocycles. The smallest absolute Gasteiger partial charge is 0.210 e. The number of aromatic nitrogens is 2. The van der Waals surface area contributed by atoms with Crippen molar-refractivity contribution in [1.29, 1.82) is 0 Å². The summed E-state index contributed by atoms with van der Waals surface area (Å²) in [6.07, 6.45) is 0. The number of thioether (sulfide) groups is 1. The quantitative estimate of drug-likeness (QED) is 0.562. The minimum Gasteiger partial charge on any atom is -0.497 e. The molecule has 1 heterocycles. The zero-order valence-corrected chi connectivity index (χ0v) is 15.7. The summed E-state index contributed by atoms with van der Waals surface area (Å²) in [6.45, 7) is 2.59. The zero-order chi connectivity index (χ0) is 17.5. The molecule has 3 rings (SSSR count). The molecule has 3 aromatic rings. The van der Waals surface area contributed by atoms with Crippen LogP contribution in [0.3, 0.4) is 0 Å². The molecule has 1 N–H and O–H groups in total. The van der Waals surface area contributed by atoms with Crippen LogP contribution in [0.25, 0.3) is 0 Å². The van der Waals surface area contributed by atoms with E-state index in [1.807, 2.05) is 49.4 Å². The molecule has 0 saturated heterocycles. The van der Waals surface area contributed by atoms with Gasteiger partial charge in [0.2, 0.25) is 5.13 Å². The van der Waals surface area contributed by atoms with Gasteiger partial charge in [-0.2, -0.15) is 0 Å². The Morgan fingerprint density at radius 3 is 2.84 bits per heavy atom. The van der Waals surface area contributed by atoms with Crippen LogP contribution in [0.5, 0.6) is 11.5 Å². The Morgan fingerprint density at radius 1 is 1.12 bits per heavy atom. The van der Waals surface area contributed by atoms with Crippen molar-refractivity contribution in [3.8, 4) is 11.5 Å². The van der Waals surface area contributed by atoms with Gasteiger partial charge in [-0.05, 0) is 36.8 Å². The third kappa shape index (κ3) is 4.87. The molecular weight excluding hydrogens is 354 g/mol. The number of para-hydroxylation sites is 2. The fraction of sp³-hybridized carbons (Fsp3) is 0.222. The van der Waals surface area contributed by atoms with E-state index in [9.17, 15) is 0 Å². The minimum atomic E-state index is 0.621. The minimum absolute atomic E-state index is 0.621. The number of nitrogens with one attached hydrogen (secondary N) is 1. The Kier molecular flexibility index (Phi) is 6.14. The summed E-state index contributed by atoms with van der Waals surface area (Å²) in [5.74, 6) is 2.50. The van der Waals surface area contributed by atoms with Gasteiger partial charge in [-0.25, -0.2) is 0 Å². The molecule has 7 heteroatoms. The van der Waals surface area contributed by atoms with E-state index in [0.717, 1.165) is 32.4 Å². The molecule has 0 unspecified atom stereocenters. The van der Waals surface area contributed by atoms with Crippen molar-refractivity contribution in [3.05, 3.63) is 54.1 Å². The van der Waals surface area contributed by atoms with Gasteiger partial charge in [0.1, 0.15) is 11.5 Å². The number of anilines is 2. The van der Waals surface area contributed by atoms with Crippen molar-refractivity contribution in [2.45, 2.75) is 17.0 Å². The lowest BCUT2D eigenvalue weighted by Gasteiger charge is -2.09. The van der Waals surface area contributed by atoms with E-state index in [1.54, 1.807) is 18.9 Å². The number of nitrogens with zero attached hydrogens (tertiary/aromatic N) is 2. The van der Waals surface area contributed by atoms with Crippen LogP contribution in [0.1, 0.15) is 12.5 Å². The number of benzene rings is 2. The summed E-state index contributed by atoms with van der Waals surface area (Å²) in [4.78, 5) is 0. The largest absolute Gasteiger partial charge is 0.497 e. The first kappa shape index (κ1) is 17.6. The molecule has 130 valence electrons. The molecule has 0 aliphatic carbocycles. The Labute approximate surface area is 155 Å². The van der Waals surface area contributed by atoms with Crippen LogP contribution in [-0.4, -0.2) is 23.9 Å². The lowest BCUT2D eigenvalue weighted by Crippen LogP contribution is -1.97. The predicted octanol–water partition coefficient (Wildman–Crippen LogP) is 4.98. The van der Waals surface area contributed by atoms with Crippen LogP contribution < -0.4 is 14.8 Å². The average molecular weight is 374 g/mol. The SMILES string of the molecule is CCOc1ccccc1Nc1nnc(SCc2cccc(OC)c2)s1. The Hall–Kier alpha value is -2.25. The van der Waals surface area contributed by atoms with Gasteiger partial charge in [-0.15, -0.1) is 10.2 Å². The van der Waals surface area contributed by atoms with Crippen LogP contribution in [-0.2, 0) is 5.75 Å². The first-order valence-corrected chi connectivity index (χ1v) is 9.66. The van der Waals surface area contributed by atoms with Crippen molar-refractivity contribution in [3.63, 3.8) is 0 Å². The van der Waals surface area contributed by atoms with Crippen molar-refractivity contribution in [1.82, 2.24) is 10.2 Å². The molecule has 1 aromatic heterocycles. The van der Waals surface area contributed by atoms with Gasteiger partial charge in [-0.3, -0.25) is 0 Å². The Morgan fingerprint density at radius 2 is 2.00 bits per heavy atom. The summed E-state index contributed by atoms with van der Waals surface area (Å²) in [5.41, 5.74) is 2.08.